The first kappa shape index (κ1) is 26.2. The number of rotatable bonds is 5. The van der Waals surface area contributed by atoms with Crippen LogP contribution in [0, 0.1) is 0 Å². The Kier molecular flexibility index (Phi) is 39.1. The summed E-state index contributed by atoms with van der Waals surface area (Å²) in [6.07, 6.45) is 9.52. The second kappa shape index (κ2) is 25.4. The minimum atomic E-state index is 0. The van der Waals surface area contributed by atoms with Crippen LogP contribution in [-0.4, -0.2) is 39.0 Å². The van der Waals surface area contributed by atoms with E-state index in [0.717, 1.165) is 0 Å². The molecule has 98 valence electrons. The largest absolute Gasteiger partial charge is 0.113 e. The van der Waals surface area contributed by atoms with Crippen LogP contribution in [0.2, 0.25) is 0 Å². The molecule has 0 atom stereocenters. The Morgan fingerprint density at radius 2 is 0.824 bits per heavy atom. The van der Waals surface area contributed by atoms with Crippen molar-refractivity contribution >= 4 is 15.8 Å². The van der Waals surface area contributed by atoms with Gasteiger partial charge in [0.15, 0.2) is 0 Å². The van der Waals surface area contributed by atoms with Crippen LogP contribution in [0.4, 0.5) is 0 Å². The maximum Gasteiger partial charge on any atom is 0 e. The first-order valence-electron chi connectivity index (χ1n) is 5.22. The van der Waals surface area contributed by atoms with Gasteiger partial charge in [-0.1, -0.05) is 50.6 Å². The van der Waals surface area contributed by atoms with Crippen molar-refractivity contribution in [1.29, 1.82) is 0 Å². The van der Waals surface area contributed by atoms with E-state index in [9.17, 15) is 0 Å². The van der Waals surface area contributed by atoms with E-state index in [-0.39, 0.29) is 21.7 Å². The Bertz CT molecular complexity index is 143. The van der Waals surface area contributed by atoms with E-state index in [1.165, 1.54) is 12.3 Å². The quantitative estimate of drug-likeness (QED) is 0.373. The number of hydrogen-bond donors (Lipinski definition) is 0. The second-order valence-corrected chi connectivity index (χ2v) is 8.76. The smallest absolute Gasteiger partial charge is 0 e. The van der Waals surface area contributed by atoms with E-state index in [0.29, 0.717) is 15.8 Å². The number of allylic oxidation sites excluding steroid dienone is 4. The molecule has 0 unspecified atom stereocenters. The van der Waals surface area contributed by atoms with Gasteiger partial charge in [0.25, 0.3) is 0 Å². The Morgan fingerprint density at radius 1 is 0.647 bits per heavy atom. The summed E-state index contributed by atoms with van der Waals surface area (Å²) in [6, 6.07) is 0. The first-order chi connectivity index (χ1) is 7.45. The molecule has 0 bridgehead atoms. The molecule has 0 nitrogen and oxygen atoms in total. The van der Waals surface area contributed by atoms with Crippen molar-refractivity contribution in [1.82, 2.24) is 0 Å². The van der Waals surface area contributed by atoms with Gasteiger partial charge in [0.1, 0.15) is 0 Å². The van der Waals surface area contributed by atoms with E-state index < -0.39 is 0 Å². The van der Waals surface area contributed by atoms with Crippen LogP contribution in [0.25, 0.3) is 0 Å². The van der Waals surface area contributed by atoms with Gasteiger partial charge in [0.05, 0.1) is 0 Å². The van der Waals surface area contributed by atoms with Gasteiger partial charge in [-0.3, -0.25) is 0 Å². The molecule has 0 N–H and O–H groups in total. The minimum absolute atomic E-state index is 0. The predicted octanol–water partition coefficient (Wildman–Crippen LogP) is 5.18. The van der Waals surface area contributed by atoms with Gasteiger partial charge in [-0.2, -0.15) is 0 Å². The standard InChI is InChI=1S/C6H16P2.2C4H6.Ti/c1-7(2)5-6-8(3)4;2*1-3-4-2;/h5-6H2,1-4H3;2*3-4H,1-2H2;. The Labute approximate surface area is 127 Å². The minimum Gasteiger partial charge on any atom is -0.113 e. The predicted molar refractivity (Wildman–Crippen MR) is 88.1 cm³/mol. The molecule has 0 fully saturated rings. The van der Waals surface area contributed by atoms with Crippen molar-refractivity contribution < 1.29 is 21.7 Å². The summed E-state index contributed by atoms with van der Waals surface area (Å²) >= 11 is 0. The Hall–Kier alpha value is 0.534. The Balaban J connectivity index is -0.0000000806. The molecule has 0 aromatic rings. The van der Waals surface area contributed by atoms with Gasteiger partial charge < -0.3 is 0 Å². The zero-order chi connectivity index (χ0) is 13.4. The molecule has 0 aliphatic heterocycles. The summed E-state index contributed by atoms with van der Waals surface area (Å²) in [5.41, 5.74) is 0. The van der Waals surface area contributed by atoms with Gasteiger partial charge >= 0.3 is 0 Å². The van der Waals surface area contributed by atoms with Crippen molar-refractivity contribution in [2.45, 2.75) is 0 Å². The molecule has 0 heterocycles. The fraction of sp³-hybridized carbons (Fsp3) is 0.429. The van der Waals surface area contributed by atoms with Crippen molar-refractivity contribution in [3.8, 4) is 0 Å². The zero-order valence-electron chi connectivity index (χ0n) is 11.9. The molecule has 3 heteroatoms. The summed E-state index contributed by atoms with van der Waals surface area (Å²) in [7, 11) is 0.766. The summed E-state index contributed by atoms with van der Waals surface area (Å²) in [6.45, 7) is 22.9. The van der Waals surface area contributed by atoms with E-state index in [4.69, 9.17) is 0 Å². The molecule has 0 radical (unpaired) electrons. The maximum atomic E-state index is 3.36. The van der Waals surface area contributed by atoms with Gasteiger partial charge in [0, 0.05) is 21.7 Å². The molecule has 0 aliphatic rings. The third-order valence-corrected chi connectivity index (χ3v) is 3.92. The zero-order valence-corrected chi connectivity index (χ0v) is 15.3. The van der Waals surface area contributed by atoms with Crippen molar-refractivity contribution in [3.05, 3.63) is 50.6 Å². The van der Waals surface area contributed by atoms with E-state index in [1.807, 2.05) is 0 Å². The molecule has 0 saturated heterocycles. The van der Waals surface area contributed by atoms with Crippen LogP contribution in [0.3, 0.4) is 0 Å². The van der Waals surface area contributed by atoms with Gasteiger partial charge in [-0.05, 0) is 39.0 Å². The van der Waals surface area contributed by atoms with Crippen molar-refractivity contribution in [2.75, 3.05) is 39.0 Å². The van der Waals surface area contributed by atoms with Gasteiger partial charge in [-0.25, -0.2) is 0 Å². The second-order valence-electron chi connectivity index (χ2n) is 3.55. The molecule has 0 amide bonds. The molecule has 17 heavy (non-hydrogen) atoms. The van der Waals surface area contributed by atoms with E-state index in [2.05, 4.69) is 53.0 Å². The fourth-order valence-electron chi connectivity index (χ4n) is 0.400. The fourth-order valence-corrected chi connectivity index (χ4v) is 3.60. The van der Waals surface area contributed by atoms with Crippen molar-refractivity contribution in [2.24, 2.45) is 0 Å². The summed E-state index contributed by atoms with van der Waals surface area (Å²) in [5, 5.41) is 0. The summed E-state index contributed by atoms with van der Waals surface area (Å²) < 4.78 is 0. The van der Waals surface area contributed by atoms with E-state index in [1.54, 1.807) is 24.3 Å². The topological polar surface area (TPSA) is 0 Å². The maximum absolute atomic E-state index is 3.36. The van der Waals surface area contributed by atoms with Crippen LogP contribution in [0.5, 0.6) is 0 Å². The number of hydrogen-bond acceptors (Lipinski definition) is 0. The van der Waals surface area contributed by atoms with Crippen LogP contribution in [0.15, 0.2) is 50.6 Å². The molecular formula is C14H28P2Ti. The third kappa shape index (κ3) is 61.5. The summed E-state index contributed by atoms with van der Waals surface area (Å²) in [5.74, 6) is 0. The summed E-state index contributed by atoms with van der Waals surface area (Å²) in [4.78, 5) is 0. The van der Waals surface area contributed by atoms with Crippen LogP contribution in [-0.2, 0) is 21.7 Å². The third-order valence-electron chi connectivity index (χ3n) is 1.33. The molecule has 0 saturated carbocycles. The van der Waals surface area contributed by atoms with Crippen LogP contribution < -0.4 is 0 Å². The molecular weight excluding hydrogens is 278 g/mol. The molecule has 0 aromatic heterocycles. The molecule has 0 spiro atoms. The van der Waals surface area contributed by atoms with E-state index >= 15 is 0 Å². The molecule has 0 aliphatic carbocycles. The monoisotopic (exact) mass is 306 g/mol. The molecule has 0 rings (SSSR count). The first-order valence-corrected chi connectivity index (χ1v) is 10.1. The van der Waals surface area contributed by atoms with Gasteiger partial charge in [0.2, 0.25) is 0 Å². The van der Waals surface area contributed by atoms with Crippen molar-refractivity contribution in [3.63, 3.8) is 0 Å². The average molecular weight is 306 g/mol. The normalized spacial score (nSPS) is 7.65. The Morgan fingerprint density at radius 3 is 0.882 bits per heavy atom. The van der Waals surface area contributed by atoms with Gasteiger partial charge in [-0.15, -0.1) is 15.8 Å². The average Bonchev–Trinajstić information content (AvgIpc) is 2.27. The van der Waals surface area contributed by atoms with Crippen LogP contribution in [0.1, 0.15) is 0 Å². The molecule has 0 aromatic carbocycles. The van der Waals surface area contributed by atoms with Crippen LogP contribution >= 0.6 is 15.8 Å². The SMILES string of the molecule is C=CC=C.C=CC=C.CP(C)CCP(C)C.[Ti].